The lowest BCUT2D eigenvalue weighted by molar-refractivity contribution is -0.120. The van der Waals surface area contributed by atoms with Crippen molar-refractivity contribution in [1.29, 1.82) is 0 Å². The fraction of sp³-hybridized carbons (Fsp3) is 0.316. The number of carbonyl (C=O) groups excluding carboxylic acids is 1. The summed E-state index contributed by atoms with van der Waals surface area (Å²) in [6.45, 7) is 2.97. The normalized spacial score (nSPS) is 13.6. The molecule has 1 heterocycles. The van der Waals surface area contributed by atoms with Gasteiger partial charge in [0.15, 0.2) is 6.61 Å². The van der Waals surface area contributed by atoms with Gasteiger partial charge >= 0.3 is 0 Å². The summed E-state index contributed by atoms with van der Waals surface area (Å²) in [6, 6.07) is 16.0. The van der Waals surface area contributed by atoms with E-state index in [1.165, 1.54) is 11.1 Å². The number of hydrogen-bond acceptors (Lipinski definition) is 2. The molecule has 0 fully saturated rings. The minimum absolute atomic E-state index is 0.0201. The Labute approximate surface area is 131 Å². The van der Waals surface area contributed by atoms with E-state index in [9.17, 15) is 4.79 Å². The van der Waals surface area contributed by atoms with Crippen LogP contribution in [0.25, 0.3) is 0 Å². The number of hydrogen-bond donors (Lipinski definition) is 0. The summed E-state index contributed by atoms with van der Waals surface area (Å²) in [6.07, 6.45) is 3.05. The Hall–Kier alpha value is -2.29. The van der Waals surface area contributed by atoms with Crippen LogP contribution in [0.15, 0.2) is 48.5 Å². The zero-order valence-electron chi connectivity index (χ0n) is 12.9. The Bertz CT molecular complexity index is 649. The van der Waals surface area contributed by atoms with Crippen LogP contribution in [0.2, 0.25) is 0 Å². The molecule has 0 atom stereocenters. The topological polar surface area (TPSA) is 29.5 Å². The van der Waals surface area contributed by atoms with Crippen LogP contribution >= 0.6 is 0 Å². The summed E-state index contributed by atoms with van der Waals surface area (Å²) in [4.78, 5) is 14.3. The number of amides is 1. The lowest BCUT2D eigenvalue weighted by atomic mass is 10.0. The number of aryl methyl sites for hydroxylation is 2. The predicted molar refractivity (Wildman–Crippen MR) is 88.4 cm³/mol. The monoisotopic (exact) mass is 295 g/mol. The molecule has 0 aliphatic carbocycles. The zero-order valence-corrected chi connectivity index (χ0v) is 12.9. The highest BCUT2D eigenvalue weighted by molar-refractivity contribution is 5.95. The van der Waals surface area contributed by atoms with Gasteiger partial charge < -0.3 is 9.64 Å². The van der Waals surface area contributed by atoms with E-state index in [0.717, 1.165) is 37.2 Å². The fourth-order valence-corrected chi connectivity index (χ4v) is 2.84. The molecule has 1 aliphatic heterocycles. The molecule has 3 rings (SSSR count). The number of benzene rings is 2. The first-order valence-corrected chi connectivity index (χ1v) is 7.88. The molecule has 0 saturated heterocycles. The maximum atomic E-state index is 12.5. The van der Waals surface area contributed by atoms with Crippen molar-refractivity contribution >= 4 is 11.6 Å². The van der Waals surface area contributed by atoms with Crippen LogP contribution in [0.4, 0.5) is 5.69 Å². The van der Waals surface area contributed by atoms with E-state index in [4.69, 9.17) is 4.74 Å². The van der Waals surface area contributed by atoms with Crippen molar-refractivity contribution in [2.45, 2.75) is 26.2 Å². The lowest BCUT2D eigenvalue weighted by Gasteiger charge is -2.29. The van der Waals surface area contributed by atoms with Gasteiger partial charge in [0, 0.05) is 12.2 Å². The highest BCUT2D eigenvalue weighted by Crippen LogP contribution is 2.26. The molecule has 1 amide bonds. The van der Waals surface area contributed by atoms with Gasteiger partial charge in [-0.15, -0.1) is 0 Å². The Morgan fingerprint density at radius 3 is 2.68 bits per heavy atom. The Morgan fingerprint density at radius 1 is 1.14 bits per heavy atom. The Kier molecular flexibility index (Phi) is 4.42. The summed E-state index contributed by atoms with van der Waals surface area (Å²) in [7, 11) is 0. The van der Waals surface area contributed by atoms with Crippen LogP contribution in [-0.2, 0) is 17.6 Å². The minimum atomic E-state index is 0.0201. The van der Waals surface area contributed by atoms with E-state index in [1.54, 1.807) is 0 Å². The number of nitrogens with zero attached hydrogens (tertiary/aromatic N) is 1. The summed E-state index contributed by atoms with van der Waals surface area (Å²) >= 11 is 0. The largest absolute Gasteiger partial charge is 0.484 e. The second kappa shape index (κ2) is 6.65. The van der Waals surface area contributed by atoms with Crippen molar-refractivity contribution in [3.8, 4) is 5.75 Å². The van der Waals surface area contributed by atoms with Crippen molar-refractivity contribution in [2.75, 3.05) is 18.1 Å². The van der Waals surface area contributed by atoms with Crippen LogP contribution in [0.5, 0.6) is 5.75 Å². The molecule has 114 valence electrons. The molecule has 22 heavy (non-hydrogen) atoms. The summed E-state index contributed by atoms with van der Waals surface area (Å²) < 4.78 is 5.64. The van der Waals surface area contributed by atoms with Crippen molar-refractivity contribution in [2.24, 2.45) is 0 Å². The first kappa shape index (κ1) is 14.6. The molecule has 0 bridgehead atoms. The van der Waals surface area contributed by atoms with Gasteiger partial charge in [-0.1, -0.05) is 37.3 Å². The van der Waals surface area contributed by atoms with E-state index < -0.39 is 0 Å². The number of rotatable bonds is 4. The zero-order chi connectivity index (χ0) is 15.4. The molecule has 0 spiro atoms. The van der Waals surface area contributed by atoms with E-state index in [1.807, 2.05) is 47.4 Å². The molecule has 0 saturated carbocycles. The fourth-order valence-electron chi connectivity index (χ4n) is 2.84. The Morgan fingerprint density at radius 2 is 1.91 bits per heavy atom. The van der Waals surface area contributed by atoms with Gasteiger partial charge in [-0.3, -0.25) is 4.79 Å². The van der Waals surface area contributed by atoms with Crippen LogP contribution in [-0.4, -0.2) is 19.1 Å². The van der Waals surface area contributed by atoms with Gasteiger partial charge in [0.1, 0.15) is 5.75 Å². The molecule has 1 aliphatic rings. The molecule has 3 heteroatoms. The van der Waals surface area contributed by atoms with Gasteiger partial charge in [0.25, 0.3) is 5.91 Å². The summed E-state index contributed by atoms with van der Waals surface area (Å²) in [5, 5.41) is 0. The number of anilines is 1. The van der Waals surface area contributed by atoms with Gasteiger partial charge in [0.05, 0.1) is 0 Å². The number of carbonyl (C=O) groups is 1. The molecule has 3 nitrogen and oxygen atoms in total. The van der Waals surface area contributed by atoms with Gasteiger partial charge in [-0.05, 0) is 48.6 Å². The van der Waals surface area contributed by atoms with Crippen molar-refractivity contribution in [3.63, 3.8) is 0 Å². The SMILES string of the molecule is CCc1ccc(OCC(=O)N2CCCc3ccccc32)cc1. The summed E-state index contributed by atoms with van der Waals surface area (Å²) in [5.41, 5.74) is 3.54. The minimum Gasteiger partial charge on any atom is -0.484 e. The van der Waals surface area contributed by atoms with Crippen molar-refractivity contribution in [3.05, 3.63) is 59.7 Å². The van der Waals surface area contributed by atoms with Crippen LogP contribution in [0, 0.1) is 0 Å². The standard InChI is InChI=1S/C19H21NO2/c1-2-15-9-11-17(12-10-15)22-14-19(21)20-13-5-7-16-6-3-4-8-18(16)20/h3-4,6,8-12H,2,5,7,13-14H2,1H3. The van der Waals surface area contributed by atoms with Gasteiger partial charge in [-0.2, -0.15) is 0 Å². The van der Waals surface area contributed by atoms with E-state index in [2.05, 4.69) is 13.0 Å². The third kappa shape index (κ3) is 3.14. The highest BCUT2D eigenvalue weighted by Gasteiger charge is 2.22. The number of fused-ring (bicyclic) bond motifs is 1. The maximum Gasteiger partial charge on any atom is 0.264 e. The molecule has 0 unspecified atom stereocenters. The third-order valence-electron chi connectivity index (χ3n) is 4.11. The molecular formula is C19H21NO2. The molecule has 0 aromatic heterocycles. The number of para-hydroxylation sites is 1. The maximum absolute atomic E-state index is 12.5. The van der Waals surface area contributed by atoms with Crippen LogP contribution < -0.4 is 9.64 Å². The smallest absolute Gasteiger partial charge is 0.264 e. The number of ether oxygens (including phenoxy) is 1. The first-order valence-electron chi connectivity index (χ1n) is 7.88. The third-order valence-corrected chi connectivity index (χ3v) is 4.11. The van der Waals surface area contributed by atoms with Gasteiger partial charge in [0.2, 0.25) is 0 Å². The second-order valence-electron chi connectivity index (χ2n) is 5.56. The summed E-state index contributed by atoms with van der Waals surface area (Å²) in [5.74, 6) is 0.766. The van der Waals surface area contributed by atoms with Crippen molar-refractivity contribution < 1.29 is 9.53 Å². The molecule has 2 aromatic rings. The second-order valence-corrected chi connectivity index (χ2v) is 5.56. The average Bonchev–Trinajstić information content (AvgIpc) is 2.59. The molecular weight excluding hydrogens is 274 g/mol. The average molecular weight is 295 g/mol. The first-order chi connectivity index (χ1) is 10.8. The lowest BCUT2D eigenvalue weighted by Crippen LogP contribution is -2.38. The molecule has 0 N–H and O–H groups in total. The predicted octanol–water partition coefficient (Wildman–Crippen LogP) is 3.61. The van der Waals surface area contributed by atoms with Crippen molar-refractivity contribution in [1.82, 2.24) is 0 Å². The van der Waals surface area contributed by atoms with Crippen LogP contribution in [0.1, 0.15) is 24.5 Å². The van der Waals surface area contributed by atoms with E-state index in [-0.39, 0.29) is 12.5 Å². The highest BCUT2D eigenvalue weighted by atomic mass is 16.5. The van der Waals surface area contributed by atoms with Gasteiger partial charge in [-0.25, -0.2) is 0 Å². The van der Waals surface area contributed by atoms with E-state index in [0.29, 0.717) is 0 Å². The van der Waals surface area contributed by atoms with Crippen LogP contribution in [0.3, 0.4) is 0 Å². The quantitative estimate of drug-likeness (QED) is 0.862. The Balaban J connectivity index is 1.65. The molecule has 0 radical (unpaired) electrons. The molecule has 2 aromatic carbocycles. The van der Waals surface area contributed by atoms with E-state index >= 15 is 0 Å².